The Morgan fingerprint density at radius 3 is 2.74 bits per heavy atom. The Kier molecular flexibility index (Phi) is 6.13. The number of fused-ring (bicyclic) bond motifs is 1. The summed E-state index contributed by atoms with van der Waals surface area (Å²) in [6.07, 6.45) is 1.57. The second-order valence-electron chi connectivity index (χ2n) is 8.04. The largest absolute Gasteiger partial charge is 0.373 e. The summed E-state index contributed by atoms with van der Waals surface area (Å²) in [6.45, 7) is 4.36. The van der Waals surface area contributed by atoms with E-state index in [0.717, 1.165) is 35.9 Å². The summed E-state index contributed by atoms with van der Waals surface area (Å²) in [7, 11) is 1.83. The van der Waals surface area contributed by atoms with Crippen molar-refractivity contribution < 1.29 is 14.0 Å². The van der Waals surface area contributed by atoms with Crippen LogP contribution >= 0.6 is 0 Å². The normalized spacial score (nSPS) is 18.5. The van der Waals surface area contributed by atoms with E-state index in [0.29, 0.717) is 26.1 Å². The van der Waals surface area contributed by atoms with Crippen LogP contribution < -0.4 is 10.6 Å². The highest BCUT2D eigenvalue weighted by Crippen LogP contribution is 2.30. The summed E-state index contributed by atoms with van der Waals surface area (Å²) in [5, 5.41) is 5.80. The number of nitrogens with zero attached hydrogens (tertiary/aromatic N) is 4. The summed E-state index contributed by atoms with van der Waals surface area (Å²) in [5.74, 6) is 1.06. The number of amides is 2. The van der Waals surface area contributed by atoms with E-state index in [1.165, 1.54) is 6.07 Å². The minimum Gasteiger partial charge on any atom is -0.373 e. The molecule has 0 spiro atoms. The molecule has 1 aromatic heterocycles. The molecule has 164 valence electrons. The third kappa shape index (κ3) is 4.66. The first-order valence-corrected chi connectivity index (χ1v) is 10.5. The van der Waals surface area contributed by atoms with Crippen LogP contribution in [0.15, 0.2) is 24.3 Å². The molecule has 0 aliphatic carbocycles. The zero-order valence-corrected chi connectivity index (χ0v) is 17.8. The number of carbonyl (C=O) groups is 2. The van der Waals surface area contributed by atoms with E-state index in [1.807, 2.05) is 16.8 Å². The van der Waals surface area contributed by atoms with Crippen molar-refractivity contribution in [1.82, 2.24) is 19.8 Å². The molecule has 2 aromatic rings. The van der Waals surface area contributed by atoms with E-state index in [1.54, 1.807) is 25.1 Å². The highest BCUT2D eigenvalue weighted by Gasteiger charge is 2.30. The molecule has 3 heterocycles. The summed E-state index contributed by atoms with van der Waals surface area (Å²) in [4.78, 5) is 37.5. The molecule has 8 nitrogen and oxygen atoms in total. The number of hydrogen-bond acceptors (Lipinski definition) is 6. The number of anilines is 2. The van der Waals surface area contributed by atoms with Crippen LogP contribution in [0.25, 0.3) is 0 Å². The standard InChI is InChI=1S/C22H27FN6O2/c1-14(30)29-10-7-15(11-29)21-26-18-8-9-28(12-16(18)22(24-2)27-21)13-20(31)25-19-6-4-3-5-17(19)23/h3-6,15H,7-13H2,1-2H3,(H,25,31)(H,24,26,27). The van der Waals surface area contributed by atoms with Gasteiger partial charge >= 0.3 is 0 Å². The third-order valence-corrected chi connectivity index (χ3v) is 5.91. The first-order chi connectivity index (χ1) is 14.9. The van der Waals surface area contributed by atoms with Gasteiger partial charge in [0.15, 0.2) is 0 Å². The number of likely N-dealkylation sites (tertiary alicyclic amines) is 1. The molecule has 0 radical (unpaired) electrons. The number of hydrogen-bond donors (Lipinski definition) is 2. The average Bonchev–Trinajstić information content (AvgIpc) is 3.25. The quantitative estimate of drug-likeness (QED) is 0.760. The lowest BCUT2D eigenvalue weighted by Crippen LogP contribution is -2.38. The molecule has 0 bridgehead atoms. The molecule has 0 saturated carbocycles. The zero-order valence-electron chi connectivity index (χ0n) is 17.8. The zero-order chi connectivity index (χ0) is 22.0. The molecular weight excluding hydrogens is 399 g/mol. The molecule has 1 atom stereocenters. The number of rotatable bonds is 5. The molecule has 1 fully saturated rings. The fourth-order valence-electron chi connectivity index (χ4n) is 4.23. The minimum atomic E-state index is -0.450. The lowest BCUT2D eigenvalue weighted by molar-refractivity contribution is -0.127. The number of nitrogens with one attached hydrogen (secondary N) is 2. The van der Waals surface area contributed by atoms with Gasteiger partial charge < -0.3 is 15.5 Å². The third-order valence-electron chi connectivity index (χ3n) is 5.91. The Morgan fingerprint density at radius 1 is 1.23 bits per heavy atom. The molecule has 2 aliphatic rings. The summed E-state index contributed by atoms with van der Waals surface area (Å²) in [5.41, 5.74) is 2.16. The number of para-hydroxylation sites is 1. The molecule has 2 aliphatic heterocycles. The van der Waals surface area contributed by atoms with Crippen LogP contribution in [-0.2, 0) is 22.6 Å². The lowest BCUT2D eigenvalue weighted by Gasteiger charge is -2.29. The molecule has 1 saturated heterocycles. The lowest BCUT2D eigenvalue weighted by atomic mass is 10.0. The van der Waals surface area contributed by atoms with Gasteiger partial charge in [0.25, 0.3) is 0 Å². The van der Waals surface area contributed by atoms with Gasteiger partial charge in [0.1, 0.15) is 17.5 Å². The fraction of sp³-hybridized carbons (Fsp3) is 0.455. The summed E-state index contributed by atoms with van der Waals surface area (Å²) < 4.78 is 13.8. The number of benzene rings is 1. The first-order valence-electron chi connectivity index (χ1n) is 10.5. The van der Waals surface area contributed by atoms with Crippen molar-refractivity contribution in [2.24, 2.45) is 0 Å². The Balaban J connectivity index is 1.45. The average molecular weight is 426 g/mol. The van der Waals surface area contributed by atoms with E-state index in [4.69, 9.17) is 9.97 Å². The van der Waals surface area contributed by atoms with Gasteiger partial charge in [0.2, 0.25) is 11.8 Å². The molecule has 31 heavy (non-hydrogen) atoms. The van der Waals surface area contributed by atoms with Gasteiger partial charge in [0.05, 0.1) is 17.9 Å². The highest BCUT2D eigenvalue weighted by atomic mass is 19.1. The van der Waals surface area contributed by atoms with Crippen molar-refractivity contribution in [3.8, 4) is 0 Å². The second-order valence-corrected chi connectivity index (χ2v) is 8.04. The van der Waals surface area contributed by atoms with Gasteiger partial charge in [0, 0.05) is 58.1 Å². The number of halogens is 1. The topological polar surface area (TPSA) is 90.5 Å². The maximum atomic E-state index is 13.8. The Hall–Kier alpha value is -3.07. The van der Waals surface area contributed by atoms with Crippen LogP contribution in [0.5, 0.6) is 0 Å². The molecule has 1 unspecified atom stereocenters. The molecule has 2 amide bonds. The number of aromatic nitrogens is 2. The molecule has 1 aromatic carbocycles. The highest BCUT2D eigenvalue weighted by molar-refractivity contribution is 5.92. The van der Waals surface area contributed by atoms with Crippen molar-refractivity contribution >= 4 is 23.3 Å². The van der Waals surface area contributed by atoms with Crippen LogP contribution in [0.1, 0.15) is 36.3 Å². The van der Waals surface area contributed by atoms with Gasteiger partial charge in [-0.25, -0.2) is 14.4 Å². The Morgan fingerprint density at radius 2 is 2.03 bits per heavy atom. The van der Waals surface area contributed by atoms with E-state index in [2.05, 4.69) is 10.6 Å². The second kappa shape index (κ2) is 8.97. The number of carbonyl (C=O) groups excluding carboxylic acids is 2. The van der Waals surface area contributed by atoms with Gasteiger partial charge in [-0.3, -0.25) is 14.5 Å². The molecular formula is C22H27FN6O2. The molecule has 9 heteroatoms. The van der Waals surface area contributed by atoms with Crippen LogP contribution in [0.3, 0.4) is 0 Å². The van der Waals surface area contributed by atoms with E-state index < -0.39 is 5.82 Å². The van der Waals surface area contributed by atoms with Crippen molar-refractivity contribution in [2.45, 2.75) is 32.2 Å². The van der Waals surface area contributed by atoms with Crippen LogP contribution in [0, 0.1) is 5.82 Å². The van der Waals surface area contributed by atoms with Crippen molar-refractivity contribution in [1.29, 1.82) is 0 Å². The van der Waals surface area contributed by atoms with Crippen molar-refractivity contribution in [3.63, 3.8) is 0 Å². The minimum absolute atomic E-state index is 0.0820. The SMILES string of the molecule is CNc1nc(C2CCN(C(C)=O)C2)nc2c1CN(CC(=O)Nc1ccccc1F)CC2. The van der Waals surface area contributed by atoms with Crippen molar-refractivity contribution in [3.05, 3.63) is 47.2 Å². The monoisotopic (exact) mass is 426 g/mol. The van der Waals surface area contributed by atoms with Crippen LogP contribution in [0.2, 0.25) is 0 Å². The maximum absolute atomic E-state index is 13.8. The predicted octanol–water partition coefficient (Wildman–Crippen LogP) is 1.99. The van der Waals surface area contributed by atoms with Crippen LogP contribution in [-0.4, -0.2) is 64.8 Å². The summed E-state index contributed by atoms with van der Waals surface area (Å²) >= 11 is 0. The van der Waals surface area contributed by atoms with E-state index >= 15 is 0 Å². The van der Waals surface area contributed by atoms with Gasteiger partial charge in [-0.2, -0.15) is 0 Å². The predicted molar refractivity (Wildman–Crippen MR) is 115 cm³/mol. The molecule has 4 rings (SSSR count). The van der Waals surface area contributed by atoms with Gasteiger partial charge in [-0.05, 0) is 18.6 Å². The smallest absolute Gasteiger partial charge is 0.238 e. The van der Waals surface area contributed by atoms with Crippen molar-refractivity contribution in [2.75, 3.05) is 43.9 Å². The summed E-state index contributed by atoms with van der Waals surface area (Å²) in [6, 6.07) is 6.14. The fourth-order valence-corrected chi connectivity index (χ4v) is 4.23. The maximum Gasteiger partial charge on any atom is 0.238 e. The first kappa shape index (κ1) is 21.2. The van der Waals surface area contributed by atoms with Gasteiger partial charge in [-0.1, -0.05) is 12.1 Å². The van der Waals surface area contributed by atoms with Gasteiger partial charge in [-0.15, -0.1) is 0 Å². The molecule has 2 N–H and O–H groups in total. The van der Waals surface area contributed by atoms with E-state index in [-0.39, 0.29) is 30.0 Å². The van der Waals surface area contributed by atoms with E-state index in [9.17, 15) is 14.0 Å². The Labute approximate surface area is 180 Å². The van der Waals surface area contributed by atoms with Crippen LogP contribution in [0.4, 0.5) is 15.9 Å². The Bertz CT molecular complexity index is 981.